The van der Waals surface area contributed by atoms with Crippen molar-refractivity contribution in [2.75, 3.05) is 31.7 Å². The molecule has 31 heavy (non-hydrogen) atoms. The van der Waals surface area contributed by atoms with Gasteiger partial charge < -0.3 is 14.4 Å². The summed E-state index contributed by atoms with van der Waals surface area (Å²) in [4.78, 5) is 40.6. The van der Waals surface area contributed by atoms with Gasteiger partial charge in [-0.1, -0.05) is 36.4 Å². The van der Waals surface area contributed by atoms with Gasteiger partial charge in [0.05, 0.1) is 24.8 Å². The van der Waals surface area contributed by atoms with E-state index in [1.807, 2.05) is 18.2 Å². The fourth-order valence-corrected chi connectivity index (χ4v) is 4.22. The van der Waals surface area contributed by atoms with Crippen LogP contribution in [0.25, 0.3) is 0 Å². The molecule has 0 saturated heterocycles. The Bertz CT molecular complexity index is 989. The van der Waals surface area contributed by atoms with Gasteiger partial charge in [0.15, 0.2) is 6.61 Å². The number of rotatable bonds is 5. The van der Waals surface area contributed by atoms with Crippen molar-refractivity contribution in [1.29, 1.82) is 0 Å². The molecule has 1 atom stereocenters. The van der Waals surface area contributed by atoms with Gasteiger partial charge in [-0.2, -0.15) is 0 Å². The molecule has 0 N–H and O–H groups in total. The number of hydrogen-bond acceptors (Lipinski definition) is 5. The average Bonchev–Trinajstić information content (AvgIpc) is 2.95. The molecule has 162 valence electrons. The highest BCUT2D eigenvalue weighted by atomic mass is 16.5. The molecule has 0 spiro atoms. The molecule has 0 bridgehead atoms. The third-order valence-electron chi connectivity index (χ3n) is 5.87. The van der Waals surface area contributed by atoms with Gasteiger partial charge in [0.2, 0.25) is 5.91 Å². The van der Waals surface area contributed by atoms with Crippen LogP contribution >= 0.6 is 0 Å². The highest BCUT2D eigenvalue weighted by molar-refractivity contribution is 5.99. The normalized spacial score (nSPS) is 17.6. The lowest BCUT2D eigenvalue weighted by Gasteiger charge is -2.33. The first kappa shape index (κ1) is 20.9. The number of aryl methyl sites for hydroxylation is 1. The molecule has 2 aromatic rings. The van der Waals surface area contributed by atoms with Gasteiger partial charge >= 0.3 is 5.97 Å². The molecule has 0 radical (unpaired) electrons. The smallest absolute Gasteiger partial charge is 0.326 e. The van der Waals surface area contributed by atoms with Gasteiger partial charge in [0.25, 0.3) is 5.91 Å². The summed E-state index contributed by atoms with van der Waals surface area (Å²) < 4.78 is 10.8. The van der Waals surface area contributed by atoms with Crippen LogP contribution in [0.2, 0.25) is 0 Å². The van der Waals surface area contributed by atoms with Crippen LogP contribution in [0.3, 0.4) is 0 Å². The SMILES string of the molecule is CN(C(=O)COC(=O)CN1C(=O)CCOc2ccccc21)[C@H]1CCCc2ccccc21. The lowest BCUT2D eigenvalue weighted by Crippen LogP contribution is -2.39. The minimum atomic E-state index is -0.629. The number of carbonyl (C=O) groups is 3. The summed E-state index contributed by atoms with van der Waals surface area (Å²) in [7, 11) is 1.74. The highest BCUT2D eigenvalue weighted by Gasteiger charge is 2.28. The zero-order chi connectivity index (χ0) is 21.8. The van der Waals surface area contributed by atoms with Gasteiger partial charge in [0.1, 0.15) is 12.3 Å². The van der Waals surface area contributed by atoms with Gasteiger partial charge in [0, 0.05) is 7.05 Å². The van der Waals surface area contributed by atoms with Crippen molar-refractivity contribution in [3.8, 4) is 5.75 Å². The van der Waals surface area contributed by atoms with Crippen LogP contribution in [0.1, 0.15) is 36.4 Å². The molecule has 1 aliphatic heterocycles. The van der Waals surface area contributed by atoms with E-state index >= 15 is 0 Å². The predicted octanol–water partition coefficient (Wildman–Crippen LogP) is 2.88. The lowest BCUT2D eigenvalue weighted by atomic mass is 9.87. The number of amides is 2. The molecule has 2 aromatic carbocycles. The summed E-state index contributed by atoms with van der Waals surface area (Å²) in [6, 6.07) is 15.2. The minimum absolute atomic E-state index is 0.0210. The molecular formula is C24H26N2O5. The second-order valence-corrected chi connectivity index (χ2v) is 7.82. The van der Waals surface area contributed by atoms with Crippen LogP contribution in [0.5, 0.6) is 5.75 Å². The Morgan fingerprint density at radius 2 is 1.90 bits per heavy atom. The molecule has 4 rings (SSSR count). The van der Waals surface area contributed by atoms with Crippen LogP contribution in [0, 0.1) is 0 Å². The first-order valence-corrected chi connectivity index (χ1v) is 10.6. The van der Waals surface area contributed by atoms with Crippen LogP contribution in [-0.4, -0.2) is 49.5 Å². The minimum Gasteiger partial charge on any atom is -0.491 e. The maximum Gasteiger partial charge on any atom is 0.326 e. The number of benzene rings is 2. The summed E-state index contributed by atoms with van der Waals surface area (Å²) in [6.45, 7) is -0.357. The maximum atomic E-state index is 12.7. The summed E-state index contributed by atoms with van der Waals surface area (Å²) in [5, 5.41) is 0. The number of carbonyl (C=O) groups excluding carboxylic acids is 3. The zero-order valence-electron chi connectivity index (χ0n) is 17.6. The molecule has 2 aliphatic rings. The van der Waals surface area contributed by atoms with E-state index in [-0.39, 0.29) is 44.0 Å². The van der Waals surface area contributed by atoms with E-state index in [0.717, 1.165) is 24.8 Å². The Labute approximate surface area is 181 Å². The first-order valence-electron chi connectivity index (χ1n) is 10.6. The summed E-state index contributed by atoms with van der Waals surface area (Å²) in [5.74, 6) is -0.561. The Kier molecular flexibility index (Phi) is 6.21. The number of fused-ring (bicyclic) bond motifs is 2. The number of anilines is 1. The third kappa shape index (κ3) is 4.55. The molecule has 1 aliphatic carbocycles. The van der Waals surface area contributed by atoms with Crippen LogP contribution in [0.15, 0.2) is 48.5 Å². The molecule has 7 nitrogen and oxygen atoms in total. The van der Waals surface area contributed by atoms with Crippen molar-refractivity contribution in [2.45, 2.75) is 31.7 Å². The van der Waals surface area contributed by atoms with Gasteiger partial charge in [-0.15, -0.1) is 0 Å². The van der Waals surface area contributed by atoms with Crippen LogP contribution in [0.4, 0.5) is 5.69 Å². The van der Waals surface area contributed by atoms with E-state index < -0.39 is 5.97 Å². The monoisotopic (exact) mass is 422 g/mol. The van der Waals surface area contributed by atoms with Crippen molar-refractivity contribution in [3.05, 3.63) is 59.7 Å². The van der Waals surface area contributed by atoms with Gasteiger partial charge in [-0.25, -0.2) is 0 Å². The molecular weight excluding hydrogens is 396 g/mol. The molecule has 2 amide bonds. The quantitative estimate of drug-likeness (QED) is 0.693. The summed E-state index contributed by atoms with van der Waals surface area (Å²) >= 11 is 0. The number of para-hydroxylation sites is 2. The third-order valence-corrected chi connectivity index (χ3v) is 5.87. The van der Waals surface area contributed by atoms with Crippen molar-refractivity contribution in [1.82, 2.24) is 4.90 Å². The van der Waals surface area contributed by atoms with E-state index in [1.165, 1.54) is 10.5 Å². The van der Waals surface area contributed by atoms with Crippen LogP contribution < -0.4 is 9.64 Å². The topological polar surface area (TPSA) is 76.2 Å². The zero-order valence-corrected chi connectivity index (χ0v) is 17.6. The van der Waals surface area contributed by atoms with E-state index in [1.54, 1.807) is 30.1 Å². The molecule has 0 fully saturated rings. The number of nitrogens with zero attached hydrogens (tertiary/aromatic N) is 2. The van der Waals surface area contributed by atoms with E-state index in [0.29, 0.717) is 11.4 Å². The maximum absolute atomic E-state index is 12.7. The summed E-state index contributed by atoms with van der Waals surface area (Å²) in [6.07, 6.45) is 3.08. The van der Waals surface area contributed by atoms with E-state index in [9.17, 15) is 14.4 Å². The van der Waals surface area contributed by atoms with Crippen molar-refractivity contribution < 1.29 is 23.9 Å². The second-order valence-electron chi connectivity index (χ2n) is 7.82. The highest BCUT2D eigenvalue weighted by Crippen LogP contribution is 2.33. The number of hydrogen-bond donors (Lipinski definition) is 0. The number of esters is 1. The van der Waals surface area contributed by atoms with Crippen molar-refractivity contribution in [2.24, 2.45) is 0 Å². The largest absolute Gasteiger partial charge is 0.491 e. The van der Waals surface area contributed by atoms with Crippen molar-refractivity contribution in [3.63, 3.8) is 0 Å². The van der Waals surface area contributed by atoms with Gasteiger partial charge in [-0.05, 0) is 42.5 Å². The van der Waals surface area contributed by atoms with E-state index in [2.05, 4.69) is 12.1 Å². The molecule has 7 heteroatoms. The fraction of sp³-hybridized carbons (Fsp3) is 0.375. The Hall–Kier alpha value is -3.35. The number of likely N-dealkylation sites (N-methyl/N-ethyl adjacent to an activating group) is 1. The Morgan fingerprint density at radius 3 is 2.77 bits per heavy atom. The molecule has 0 saturated carbocycles. The van der Waals surface area contributed by atoms with E-state index in [4.69, 9.17) is 9.47 Å². The van der Waals surface area contributed by atoms with Crippen LogP contribution in [-0.2, 0) is 25.5 Å². The fourth-order valence-electron chi connectivity index (χ4n) is 4.22. The Morgan fingerprint density at radius 1 is 1.13 bits per heavy atom. The Balaban J connectivity index is 1.37. The molecule has 0 unspecified atom stereocenters. The van der Waals surface area contributed by atoms with Crippen molar-refractivity contribution >= 4 is 23.5 Å². The van der Waals surface area contributed by atoms with Gasteiger partial charge in [-0.3, -0.25) is 19.3 Å². The first-order chi connectivity index (χ1) is 15.0. The standard InChI is InChI=1S/C24H26N2O5/c1-25(19-11-6-8-17-7-2-3-9-18(17)19)23(28)16-31-24(29)15-26-20-10-4-5-12-21(20)30-14-13-22(26)27/h2-5,7,9-10,12,19H,6,8,11,13-16H2,1H3/t19-/m0/s1. The number of ether oxygens (including phenoxy) is 2. The summed E-state index contributed by atoms with van der Waals surface area (Å²) in [5.41, 5.74) is 2.95. The predicted molar refractivity (Wildman–Crippen MR) is 115 cm³/mol. The average molecular weight is 422 g/mol. The molecule has 1 heterocycles. The second kappa shape index (κ2) is 9.20. The molecule has 0 aromatic heterocycles. The lowest BCUT2D eigenvalue weighted by molar-refractivity contribution is -0.151.